The Hall–Kier alpha value is -1.37. The largest absolute Gasteiger partial charge is 0.468 e. The Morgan fingerprint density at radius 1 is 1.38 bits per heavy atom. The van der Waals surface area contributed by atoms with Crippen LogP contribution in [0.3, 0.4) is 0 Å². The second-order valence-corrected chi connectivity index (χ2v) is 6.08. The van der Waals surface area contributed by atoms with Crippen LogP contribution >= 0.6 is 0 Å². The van der Waals surface area contributed by atoms with Crippen LogP contribution in [0.25, 0.3) is 0 Å². The summed E-state index contributed by atoms with van der Waals surface area (Å²) in [5, 5.41) is 3.17. The molecule has 0 spiro atoms. The average molecular weight is 293 g/mol. The molecule has 6 heteroatoms. The van der Waals surface area contributed by atoms with Crippen LogP contribution in [-0.4, -0.2) is 67.2 Å². The molecule has 0 radical (unpaired) electrons. The Morgan fingerprint density at radius 3 is 2.71 bits per heavy atom. The maximum Gasteiger partial charge on any atom is 0.248 e. The molecule has 1 N–H and O–H groups in total. The first kappa shape index (κ1) is 14.6. The highest BCUT2D eigenvalue weighted by atomic mass is 16.5. The molecule has 2 aliphatic heterocycles. The van der Waals surface area contributed by atoms with Crippen molar-refractivity contribution >= 4 is 5.91 Å². The Balaban J connectivity index is 1.39. The fourth-order valence-corrected chi connectivity index (χ4v) is 2.68. The van der Waals surface area contributed by atoms with Crippen LogP contribution in [0, 0.1) is 0 Å². The fraction of sp³-hybridized carbons (Fsp3) is 0.667. The van der Waals surface area contributed by atoms with Crippen molar-refractivity contribution in [1.82, 2.24) is 15.1 Å². The van der Waals surface area contributed by atoms with Crippen molar-refractivity contribution in [2.24, 2.45) is 0 Å². The number of amides is 1. The van der Waals surface area contributed by atoms with Gasteiger partial charge in [-0.3, -0.25) is 9.69 Å². The first-order chi connectivity index (χ1) is 10.1. The van der Waals surface area contributed by atoms with E-state index in [4.69, 9.17) is 9.15 Å². The van der Waals surface area contributed by atoms with Crippen molar-refractivity contribution in [3.63, 3.8) is 0 Å². The Morgan fingerprint density at radius 2 is 2.14 bits per heavy atom. The Labute approximate surface area is 125 Å². The number of nitrogens with one attached hydrogen (secondary N) is 1. The normalized spacial score (nSPS) is 22.0. The van der Waals surface area contributed by atoms with Gasteiger partial charge < -0.3 is 19.4 Å². The maximum atomic E-state index is 12.2. The summed E-state index contributed by atoms with van der Waals surface area (Å²) in [5.41, 5.74) is -0.156. The zero-order chi connectivity index (χ0) is 14.7. The fourth-order valence-electron chi connectivity index (χ4n) is 2.68. The zero-order valence-corrected chi connectivity index (χ0v) is 12.5. The summed E-state index contributed by atoms with van der Waals surface area (Å²) < 4.78 is 11.1. The van der Waals surface area contributed by atoms with Crippen molar-refractivity contribution in [2.45, 2.75) is 19.1 Å². The first-order valence-electron chi connectivity index (χ1n) is 7.52. The van der Waals surface area contributed by atoms with Gasteiger partial charge in [-0.1, -0.05) is 0 Å². The highest BCUT2D eigenvalue weighted by molar-refractivity contribution is 5.77. The predicted molar refractivity (Wildman–Crippen MR) is 77.8 cm³/mol. The number of carbonyl (C=O) groups is 1. The highest BCUT2D eigenvalue weighted by Gasteiger charge is 2.33. The third kappa shape index (κ3) is 3.64. The molecule has 0 bridgehead atoms. The molecule has 0 atom stereocenters. The number of ether oxygens (including phenoxy) is 1. The Kier molecular flexibility index (Phi) is 4.28. The van der Waals surface area contributed by atoms with Gasteiger partial charge in [-0.2, -0.15) is 0 Å². The van der Waals surface area contributed by atoms with Crippen molar-refractivity contribution in [1.29, 1.82) is 0 Å². The summed E-state index contributed by atoms with van der Waals surface area (Å²) >= 11 is 0. The van der Waals surface area contributed by atoms with Crippen LogP contribution in [0.1, 0.15) is 12.7 Å². The van der Waals surface area contributed by atoms with E-state index in [-0.39, 0.29) is 18.1 Å². The molecule has 2 aliphatic rings. The van der Waals surface area contributed by atoms with E-state index in [1.165, 1.54) is 0 Å². The summed E-state index contributed by atoms with van der Waals surface area (Å²) in [4.78, 5) is 16.4. The smallest absolute Gasteiger partial charge is 0.248 e. The van der Waals surface area contributed by atoms with Gasteiger partial charge >= 0.3 is 0 Å². The number of furan rings is 1. The number of rotatable bonds is 5. The molecule has 2 saturated heterocycles. The summed E-state index contributed by atoms with van der Waals surface area (Å²) in [6, 6.07) is 3.89. The van der Waals surface area contributed by atoms with Gasteiger partial charge in [0.25, 0.3) is 0 Å². The molecular weight excluding hydrogens is 270 g/mol. The molecule has 21 heavy (non-hydrogen) atoms. The van der Waals surface area contributed by atoms with Gasteiger partial charge in [-0.25, -0.2) is 0 Å². The number of hydrogen-bond donors (Lipinski definition) is 1. The lowest BCUT2D eigenvalue weighted by Gasteiger charge is -2.40. The monoisotopic (exact) mass is 293 g/mol. The molecule has 0 aliphatic carbocycles. The maximum absolute atomic E-state index is 12.2. The van der Waals surface area contributed by atoms with Crippen molar-refractivity contribution in [3.05, 3.63) is 24.2 Å². The highest BCUT2D eigenvalue weighted by Crippen LogP contribution is 2.15. The quantitative estimate of drug-likeness (QED) is 0.846. The Bertz CT molecular complexity index is 463. The van der Waals surface area contributed by atoms with Crippen LogP contribution in [0.5, 0.6) is 0 Å². The summed E-state index contributed by atoms with van der Waals surface area (Å²) in [5.74, 6) is 1.07. The zero-order valence-electron chi connectivity index (χ0n) is 12.5. The number of piperazine rings is 1. The van der Waals surface area contributed by atoms with E-state index >= 15 is 0 Å². The minimum absolute atomic E-state index is 0.0979. The number of hydrogen-bond acceptors (Lipinski definition) is 5. The van der Waals surface area contributed by atoms with E-state index in [0.717, 1.165) is 51.6 Å². The van der Waals surface area contributed by atoms with Crippen LogP contribution in [0.2, 0.25) is 0 Å². The van der Waals surface area contributed by atoms with Gasteiger partial charge in [-0.05, 0) is 19.1 Å². The second kappa shape index (κ2) is 6.17. The van der Waals surface area contributed by atoms with E-state index in [9.17, 15) is 4.79 Å². The van der Waals surface area contributed by atoms with E-state index in [1.54, 1.807) is 6.26 Å². The van der Waals surface area contributed by atoms with Gasteiger partial charge in [0, 0.05) is 39.3 Å². The average Bonchev–Trinajstić information content (AvgIpc) is 2.96. The standard InChI is InChI=1S/C15H23N3O3/c1-15(11-16-12-15)21-10-14(19)18-6-4-17(5-7-18)9-13-3-2-8-20-13/h2-3,8,16H,4-7,9-12H2,1H3. The molecule has 1 aromatic heterocycles. The molecule has 3 rings (SSSR count). The minimum atomic E-state index is -0.156. The lowest BCUT2D eigenvalue weighted by Crippen LogP contribution is -2.60. The minimum Gasteiger partial charge on any atom is -0.468 e. The van der Waals surface area contributed by atoms with Gasteiger partial charge in [0.15, 0.2) is 0 Å². The van der Waals surface area contributed by atoms with E-state index in [1.807, 2.05) is 24.0 Å². The molecule has 3 heterocycles. The number of carbonyl (C=O) groups excluding carboxylic acids is 1. The SMILES string of the molecule is CC1(OCC(=O)N2CCN(Cc3ccco3)CC2)CNC1. The molecular formula is C15H23N3O3. The third-order valence-electron chi connectivity index (χ3n) is 4.23. The molecule has 0 aromatic carbocycles. The molecule has 0 unspecified atom stereocenters. The molecule has 0 saturated carbocycles. The number of nitrogens with zero attached hydrogens (tertiary/aromatic N) is 2. The van der Waals surface area contributed by atoms with E-state index < -0.39 is 0 Å². The molecule has 6 nitrogen and oxygen atoms in total. The second-order valence-electron chi connectivity index (χ2n) is 6.08. The van der Waals surface area contributed by atoms with Gasteiger partial charge in [0.05, 0.1) is 18.4 Å². The van der Waals surface area contributed by atoms with Crippen molar-refractivity contribution in [3.8, 4) is 0 Å². The summed E-state index contributed by atoms with van der Waals surface area (Å²) in [6.45, 7) is 7.99. The molecule has 1 aromatic rings. The van der Waals surface area contributed by atoms with Crippen LogP contribution < -0.4 is 5.32 Å². The molecule has 116 valence electrons. The van der Waals surface area contributed by atoms with E-state index in [2.05, 4.69) is 10.2 Å². The summed E-state index contributed by atoms with van der Waals surface area (Å²) in [6.07, 6.45) is 1.70. The third-order valence-corrected chi connectivity index (χ3v) is 4.23. The topological polar surface area (TPSA) is 58.0 Å². The lowest BCUT2D eigenvalue weighted by atomic mass is 10.0. The van der Waals surface area contributed by atoms with Gasteiger partial charge in [0.2, 0.25) is 5.91 Å². The van der Waals surface area contributed by atoms with Crippen LogP contribution in [0.4, 0.5) is 0 Å². The summed E-state index contributed by atoms with van der Waals surface area (Å²) in [7, 11) is 0. The first-order valence-corrected chi connectivity index (χ1v) is 7.52. The van der Waals surface area contributed by atoms with Crippen LogP contribution in [0.15, 0.2) is 22.8 Å². The van der Waals surface area contributed by atoms with Crippen molar-refractivity contribution in [2.75, 3.05) is 45.9 Å². The van der Waals surface area contributed by atoms with E-state index in [0.29, 0.717) is 0 Å². The van der Waals surface area contributed by atoms with Gasteiger partial charge in [0.1, 0.15) is 12.4 Å². The molecule has 2 fully saturated rings. The molecule has 1 amide bonds. The van der Waals surface area contributed by atoms with Crippen molar-refractivity contribution < 1.29 is 13.9 Å². The predicted octanol–water partition coefficient (Wildman–Crippen LogP) is 0.302. The van der Waals surface area contributed by atoms with Gasteiger partial charge in [-0.15, -0.1) is 0 Å². The van der Waals surface area contributed by atoms with Crippen LogP contribution in [-0.2, 0) is 16.1 Å². The lowest BCUT2D eigenvalue weighted by molar-refractivity contribution is -0.147.